The molecule has 0 heterocycles. The summed E-state index contributed by atoms with van der Waals surface area (Å²) in [5.74, 6) is 0.259. The summed E-state index contributed by atoms with van der Waals surface area (Å²) in [7, 11) is 0. The molecule has 3 nitrogen and oxygen atoms in total. The van der Waals surface area contributed by atoms with Crippen LogP contribution in [0.2, 0.25) is 0 Å². The first-order valence-corrected chi connectivity index (χ1v) is 8.06. The van der Waals surface area contributed by atoms with E-state index < -0.39 is 5.41 Å². The van der Waals surface area contributed by atoms with Gasteiger partial charge in [-0.25, -0.2) is 0 Å². The summed E-state index contributed by atoms with van der Waals surface area (Å²) >= 11 is 0. The van der Waals surface area contributed by atoms with Crippen molar-refractivity contribution in [3.63, 3.8) is 0 Å². The molecule has 3 rings (SSSR count). The molecule has 0 aromatic heterocycles. The summed E-state index contributed by atoms with van der Waals surface area (Å²) in [5, 5.41) is 3.07. The van der Waals surface area contributed by atoms with Crippen molar-refractivity contribution in [1.82, 2.24) is 0 Å². The predicted molar refractivity (Wildman–Crippen MR) is 87.7 cm³/mol. The smallest absolute Gasteiger partial charge is 0.231 e. The lowest BCUT2D eigenvalue weighted by molar-refractivity contribution is -0.131. The molecule has 3 heteroatoms. The predicted octanol–water partition coefficient (Wildman–Crippen LogP) is 4.03. The van der Waals surface area contributed by atoms with Gasteiger partial charge in [0.05, 0.1) is 5.41 Å². The standard InChI is InChI=1S/C19H25NO2/c1-12-6-7-14(10-13(12)2)20-16(22)19-9-8-18(5,15(21)11-19)17(19,3)4/h6-7,10H,8-9,11H2,1-5H3,(H,20,22)/t18-,19+/m0/s1. The Kier molecular flexibility index (Phi) is 3.08. The van der Waals surface area contributed by atoms with Crippen LogP contribution in [0.1, 0.15) is 51.2 Å². The molecule has 0 aliphatic heterocycles. The third kappa shape index (κ3) is 1.68. The summed E-state index contributed by atoms with van der Waals surface area (Å²) in [6.45, 7) is 10.3. The second-order valence-corrected chi connectivity index (χ2v) is 7.89. The van der Waals surface area contributed by atoms with Gasteiger partial charge in [0.15, 0.2) is 0 Å². The largest absolute Gasteiger partial charge is 0.326 e. The van der Waals surface area contributed by atoms with Gasteiger partial charge in [0, 0.05) is 17.5 Å². The first kappa shape index (κ1) is 15.3. The van der Waals surface area contributed by atoms with Crippen molar-refractivity contribution < 1.29 is 9.59 Å². The van der Waals surface area contributed by atoms with Gasteiger partial charge in [-0.05, 0) is 55.4 Å². The highest BCUT2D eigenvalue weighted by atomic mass is 16.2. The maximum Gasteiger partial charge on any atom is 0.231 e. The lowest BCUT2D eigenvalue weighted by Crippen LogP contribution is -2.43. The minimum absolute atomic E-state index is 0.00956. The molecule has 2 aliphatic rings. The Labute approximate surface area is 132 Å². The number of anilines is 1. The Morgan fingerprint density at radius 2 is 1.77 bits per heavy atom. The van der Waals surface area contributed by atoms with Crippen LogP contribution in [0.15, 0.2) is 18.2 Å². The van der Waals surface area contributed by atoms with Crippen LogP contribution < -0.4 is 5.32 Å². The fourth-order valence-electron chi connectivity index (χ4n) is 4.43. The third-order valence-electron chi connectivity index (χ3n) is 6.90. The van der Waals surface area contributed by atoms with E-state index in [0.29, 0.717) is 6.42 Å². The van der Waals surface area contributed by atoms with Gasteiger partial charge in [-0.2, -0.15) is 0 Å². The molecule has 2 bridgehead atoms. The molecule has 0 radical (unpaired) electrons. The lowest BCUT2D eigenvalue weighted by Gasteiger charge is -2.38. The molecule has 2 atom stereocenters. The molecule has 2 fully saturated rings. The Bertz CT molecular complexity index is 676. The molecule has 2 saturated carbocycles. The Balaban J connectivity index is 1.92. The van der Waals surface area contributed by atoms with Gasteiger partial charge in [-0.15, -0.1) is 0 Å². The van der Waals surface area contributed by atoms with E-state index in [0.717, 1.165) is 24.1 Å². The van der Waals surface area contributed by atoms with Crippen LogP contribution in [-0.4, -0.2) is 11.7 Å². The van der Waals surface area contributed by atoms with Crippen molar-refractivity contribution in [2.75, 3.05) is 5.32 Å². The number of hydrogen-bond donors (Lipinski definition) is 1. The molecule has 1 aromatic carbocycles. The number of carbonyl (C=O) groups excluding carboxylic acids is 2. The lowest BCUT2D eigenvalue weighted by atomic mass is 9.64. The van der Waals surface area contributed by atoms with Gasteiger partial charge in [-0.3, -0.25) is 9.59 Å². The van der Waals surface area contributed by atoms with E-state index in [1.54, 1.807) is 0 Å². The van der Waals surface area contributed by atoms with E-state index >= 15 is 0 Å². The van der Waals surface area contributed by atoms with Crippen LogP contribution in [0.5, 0.6) is 0 Å². The number of carbonyl (C=O) groups is 2. The molecule has 118 valence electrons. The highest BCUT2D eigenvalue weighted by Crippen LogP contribution is 2.70. The average molecular weight is 299 g/mol. The number of nitrogens with one attached hydrogen (secondary N) is 1. The number of benzene rings is 1. The minimum atomic E-state index is -0.558. The fourth-order valence-corrected chi connectivity index (χ4v) is 4.43. The topological polar surface area (TPSA) is 46.2 Å². The third-order valence-corrected chi connectivity index (χ3v) is 6.90. The van der Waals surface area contributed by atoms with Crippen LogP contribution in [0.3, 0.4) is 0 Å². The van der Waals surface area contributed by atoms with Crippen LogP contribution >= 0.6 is 0 Å². The Morgan fingerprint density at radius 1 is 1.09 bits per heavy atom. The minimum Gasteiger partial charge on any atom is -0.326 e. The van der Waals surface area contributed by atoms with E-state index in [1.165, 1.54) is 5.56 Å². The van der Waals surface area contributed by atoms with Crippen molar-refractivity contribution in [3.05, 3.63) is 29.3 Å². The maximum absolute atomic E-state index is 13.0. The van der Waals surface area contributed by atoms with Gasteiger partial charge < -0.3 is 5.32 Å². The summed E-state index contributed by atoms with van der Waals surface area (Å²) in [6.07, 6.45) is 2.01. The number of aryl methyl sites for hydroxylation is 2. The summed E-state index contributed by atoms with van der Waals surface area (Å²) < 4.78 is 0. The first-order valence-electron chi connectivity index (χ1n) is 8.06. The Morgan fingerprint density at radius 3 is 2.27 bits per heavy atom. The number of hydrogen-bond acceptors (Lipinski definition) is 2. The van der Waals surface area contributed by atoms with Crippen LogP contribution in [0.4, 0.5) is 5.69 Å². The highest BCUT2D eigenvalue weighted by molar-refractivity contribution is 6.04. The summed E-state index contributed by atoms with van der Waals surface area (Å²) in [6, 6.07) is 5.96. The molecule has 22 heavy (non-hydrogen) atoms. The Hall–Kier alpha value is -1.64. The first-order chi connectivity index (χ1) is 10.1. The number of amides is 1. The van der Waals surface area contributed by atoms with Gasteiger partial charge in [-0.1, -0.05) is 26.8 Å². The van der Waals surface area contributed by atoms with E-state index in [-0.39, 0.29) is 22.5 Å². The van der Waals surface area contributed by atoms with Crippen molar-refractivity contribution in [2.24, 2.45) is 16.2 Å². The molecular formula is C19H25NO2. The number of rotatable bonds is 2. The van der Waals surface area contributed by atoms with Crippen molar-refractivity contribution in [3.8, 4) is 0 Å². The highest BCUT2D eigenvalue weighted by Gasteiger charge is 2.72. The van der Waals surface area contributed by atoms with E-state index in [1.807, 2.05) is 32.0 Å². The molecular weight excluding hydrogens is 274 g/mol. The zero-order chi connectivity index (χ0) is 16.3. The average Bonchev–Trinajstić information content (AvgIpc) is 2.73. The zero-order valence-electron chi connectivity index (χ0n) is 14.2. The maximum atomic E-state index is 13.0. The van der Waals surface area contributed by atoms with Gasteiger partial charge >= 0.3 is 0 Å². The van der Waals surface area contributed by atoms with Gasteiger partial charge in [0.2, 0.25) is 5.91 Å². The van der Waals surface area contributed by atoms with E-state index in [4.69, 9.17) is 0 Å². The molecule has 1 N–H and O–H groups in total. The van der Waals surface area contributed by atoms with Crippen molar-refractivity contribution >= 4 is 17.4 Å². The molecule has 0 unspecified atom stereocenters. The van der Waals surface area contributed by atoms with E-state index in [2.05, 4.69) is 26.1 Å². The molecule has 1 aromatic rings. The number of fused-ring (bicyclic) bond motifs is 2. The quantitative estimate of drug-likeness (QED) is 0.896. The molecule has 0 saturated heterocycles. The van der Waals surface area contributed by atoms with Crippen LogP contribution in [-0.2, 0) is 9.59 Å². The number of Topliss-reactive ketones (excluding diaryl/α,β-unsaturated/α-hetero) is 1. The molecule has 2 aliphatic carbocycles. The van der Waals surface area contributed by atoms with Gasteiger partial charge in [0.1, 0.15) is 5.78 Å². The zero-order valence-corrected chi connectivity index (χ0v) is 14.2. The summed E-state index contributed by atoms with van der Waals surface area (Å²) in [5.41, 5.74) is 1.99. The normalized spacial score (nSPS) is 32.3. The monoisotopic (exact) mass is 299 g/mol. The SMILES string of the molecule is Cc1ccc(NC(=O)[C@@]23CC[C@@](C)(C(=O)C2)C3(C)C)cc1C. The van der Waals surface area contributed by atoms with Crippen molar-refractivity contribution in [2.45, 2.75) is 53.9 Å². The molecule has 0 spiro atoms. The van der Waals surface area contributed by atoms with Crippen LogP contribution in [0.25, 0.3) is 0 Å². The second kappa shape index (κ2) is 4.43. The van der Waals surface area contributed by atoms with E-state index in [9.17, 15) is 9.59 Å². The second-order valence-electron chi connectivity index (χ2n) is 7.89. The fraction of sp³-hybridized carbons (Fsp3) is 0.579. The molecule has 1 amide bonds. The van der Waals surface area contributed by atoms with Gasteiger partial charge in [0.25, 0.3) is 0 Å². The summed E-state index contributed by atoms with van der Waals surface area (Å²) in [4.78, 5) is 25.5. The van der Waals surface area contributed by atoms with Crippen molar-refractivity contribution in [1.29, 1.82) is 0 Å². The van der Waals surface area contributed by atoms with Crippen LogP contribution in [0, 0.1) is 30.1 Å². The number of ketones is 1.